The van der Waals surface area contributed by atoms with Crippen molar-refractivity contribution in [2.24, 2.45) is 0 Å². The van der Waals surface area contributed by atoms with Crippen LogP contribution in [0.3, 0.4) is 0 Å². The molecule has 1 fully saturated rings. The summed E-state index contributed by atoms with van der Waals surface area (Å²) in [6.45, 7) is 3.91. The molecule has 5 aromatic rings. The van der Waals surface area contributed by atoms with Gasteiger partial charge in [0.2, 0.25) is 5.95 Å². The SMILES string of the molecule is C[S+]([O-])CCOc1cc(N2CCN(CCn3ncc4c3nc(N)n3nc(-c5ccco5)cc43)CC2)c(F)cc1F. The van der Waals surface area contributed by atoms with Gasteiger partial charge in [0.05, 0.1) is 41.9 Å². The Bertz CT molecular complexity index is 1630. The fraction of sp³-hybridized carbons (Fsp3) is 0.346. The van der Waals surface area contributed by atoms with Crippen molar-refractivity contribution >= 4 is 39.4 Å². The molecule has 6 rings (SSSR count). The lowest BCUT2D eigenvalue weighted by Crippen LogP contribution is -2.47. The Balaban J connectivity index is 1.11. The number of hydrogen-bond donors (Lipinski definition) is 1. The van der Waals surface area contributed by atoms with Crippen LogP contribution in [0.5, 0.6) is 5.75 Å². The number of hydrogen-bond acceptors (Lipinski definition) is 9. The summed E-state index contributed by atoms with van der Waals surface area (Å²) in [7, 11) is 0. The third-order valence-electron chi connectivity index (χ3n) is 6.98. The van der Waals surface area contributed by atoms with E-state index in [1.807, 2.05) is 21.7 Å². The number of fused-ring (bicyclic) bond motifs is 3. The average Bonchev–Trinajstić information content (AvgIpc) is 3.69. The van der Waals surface area contributed by atoms with E-state index in [2.05, 4.69) is 20.1 Å². The Labute approximate surface area is 231 Å². The molecule has 1 saturated heterocycles. The molecule has 11 nitrogen and oxygen atoms in total. The summed E-state index contributed by atoms with van der Waals surface area (Å²) in [6, 6.07) is 7.77. The van der Waals surface area contributed by atoms with E-state index < -0.39 is 22.8 Å². The average molecular weight is 571 g/mol. The maximum atomic E-state index is 14.6. The molecule has 5 heterocycles. The standard InChI is InChI=1S/C26H28F2N8O3S/c1-40(37)12-11-39-24-15-22(18(27)13-19(24)28)34-7-4-33(5-8-34)6-9-35-25-17(16-30-35)21-14-20(23-3-2-10-38-23)32-36(21)26(29)31-25/h2-3,10,13-16H,4-9,11-12H2,1H3,(H2,29,31). The molecule has 0 bridgehead atoms. The van der Waals surface area contributed by atoms with E-state index in [0.717, 1.165) is 17.0 Å². The normalized spacial score (nSPS) is 15.3. The number of benzene rings is 1. The van der Waals surface area contributed by atoms with E-state index in [4.69, 9.17) is 14.9 Å². The lowest BCUT2D eigenvalue weighted by atomic mass is 10.2. The first-order valence-electron chi connectivity index (χ1n) is 12.8. The van der Waals surface area contributed by atoms with Gasteiger partial charge in [-0.15, -0.1) is 0 Å². The van der Waals surface area contributed by atoms with Gasteiger partial charge in [0.15, 0.2) is 23.0 Å². The Morgan fingerprint density at radius 1 is 1.12 bits per heavy atom. The summed E-state index contributed by atoms with van der Waals surface area (Å²) in [4.78, 5) is 8.69. The highest BCUT2D eigenvalue weighted by atomic mass is 32.2. The summed E-state index contributed by atoms with van der Waals surface area (Å²) >= 11 is -1.06. The van der Waals surface area contributed by atoms with Gasteiger partial charge in [0, 0.05) is 44.9 Å². The van der Waals surface area contributed by atoms with E-state index in [1.165, 1.54) is 6.07 Å². The number of furan rings is 1. The van der Waals surface area contributed by atoms with E-state index in [9.17, 15) is 13.3 Å². The predicted octanol–water partition coefficient (Wildman–Crippen LogP) is 2.78. The number of ether oxygens (including phenoxy) is 1. The van der Waals surface area contributed by atoms with E-state index in [1.54, 1.807) is 29.3 Å². The molecule has 1 atom stereocenters. The molecule has 0 saturated carbocycles. The quantitative estimate of drug-likeness (QED) is 0.266. The lowest BCUT2D eigenvalue weighted by molar-refractivity contribution is 0.245. The Kier molecular flexibility index (Phi) is 7.21. The molecule has 1 aliphatic heterocycles. The van der Waals surface area contributed by atoms with Crippen molar-refractivity contribution in [2.75, 3.05) is 62.0 Å². The summed E-state index contributed by atoms with van der Waals surface area (Å²) < 4.78 is 54.4. The Hall–Kier alpha value is -3.88. The largest absolute Gasteiger partial charge is 0.616 e. The minimum Gasteiger partial charge on any atom is -0.616 e. The molecule has 0 aliphatic carbocycles. The number of nitrogens with two attached hydrogens (primary N) is 1. The van der Waals surface area contributed by atoms with Crippen LogP contribution in [0.1, 0.15) is 0 Å². The minimum atomic E-state index is -1.06. The molecule has 0 amide bonds. The van der Waals surface area contributed by atoms with Crippen molar-refractivity contribution in [1.82, 2.24) is 29.3 Å². The number of halogens is 2. The Morgan fingerprint density at radius 3 is 2.70 bits per heavy atom. The summed E-state index contributed by atoms with van der Waals surface area (Å²) in [5, 5.41) is 9.90. The van der Waals surface area contributed by atoms with Crippen LogP contribution in [0.2, 0.25) is 0 Å². The van der Waals surface area contributed by atoms with Crippen molar-refractivity contribution in [3.8, 4) is 17.2 Å². The van der Waals surface area contributed by atoms with Crippen LogP contribution in [-0.4, -0.2) is 85.2 Å². The van der Waals surface area contributed by atoms with Crippen molar-refractivity contribution in [3.05, 3.63) is 54.4 Å². The fourth-order valence-electron chi connectivity index (χ4n) is 4.88. The van der Waals surface area contributed by atoms with Crippen LogP contribution in [0.15, 0.2) is 47.2 Å². The first-order chi connectivity index (χ1) is 19.4. The highest BCUT2D eigenvalue weighted by molar-refractivity contribution is 7.90. The van der Waals surface area contributed by atoms with Crippen LogP contribution in [0, 0.1) is 11.6 Å². The predicted molar refractivity (Wildman–Crippen MR) is 148 cm³/mol. The second-order valence-corrected chi connectivity index (χ2v) is 11.1. The summed E-state index contributed by atoms with van der Waals surface area (Å²) in [5.41, 5.74) is 8.64. The van der Waals surface area contributed by atoms with Gasteiger partial charge in [0.1, 0.15) is 23.9 Å². The number of nitrogen functional groups attached to an aromatic ring is 1. The van der Waals surface area contributed by atoms with Crippen molar-refractivity contribution < 1.29 is 22.5 Å². The van der Waals surface area contributed by atoms with Crippen LogP contribution >= 0.6 is 0 Å². The van der Waals surface area contributed by atoms with Crippen molar-refractivity contribution in [3.63, 3.8) is 0 Å². The van der Waals surface area contributed by atoms with Crippen molar-refractivity contribution in [1.29, 1.82) is 0 Å². The van der Waals surface area contributed by atoms with Crippen LogP contribution in [0.25, 0.3) is 28.0 Å². The topological polar surface area (TPSA) is 126 Å². The van der Waals surface area contributed by atoms with Gasteiger partial charge < -0.3 is 24.3 Å². The third kappa shape index (κ3) is 5.17. The maximum absolute atomic E-state index is 14.6. The number of piperazine rings is 1. The van der Waals surface area contributed by atoms with Crippen LogP contribution in [0.4, 0.5) is 20.4 Å². The van der Waals surface area contributed by atoms with E-state index >= 15 is 0 Å². The first-order valence-corrected chi connectivity index (χ1v) is 14.5. The molecule has 2 N–H and O–H groups in total. The summed E-state index contributed by atoms with van der Waals surface area (Å²) in [6.07, 6.45) is 4.90. The number of anilines is 2. The van der Waals surface area contributed by atoms with E-state index in [0.29, 0.717) is 62.1 Å². The summed E-state index contributed by atoms with van der Waals surface area (Å²) in [5.74, 6) is -0.273. The molecule has 0 radical (unpaired) electrons. The molecular weight excluding hydrogens is 542 g/mol. The molecule has 4 aromatic heterocycles. The van der Waals surface area contributed by atoms with Crippen molar-refractivity contribution in [2.45, 2.75) is 6.54 Å². The number of rotatable bonds is 9. The lowest BCUT2D eigenvalue weighted by Gasteiger charge is -2.36. The molecular formula is C26H28F2N8O3S. The molecule has 14 heteroatoms. The zero-order valence-electron chi connectivity index (χ0n) is 21.8. The molecule has 1 unspecified atom stereocenters. The zero-order valence-corrected chi connectivity index (χ0v) is 22.6. The van der Waals surface area contributed by atoms with Gasteiger partial charge in [-0.3, -0.25) is 4.90 Å². The van der Waals surface area contributed by atoms with Gasteiger partial charge in [-0.25, -0.2) is 13.5 Å². The first kappa shape index (κ1) is 26.3. The molecule has 40 heavy (non-hydrogen) atoms. The zero-order chi connectivity index (χ0) is 27.8. The van der Waals surface area contributed by atoms with Gasteiger partial charge in [-0.2, -0.15) is 19.7 Å². The second kappa shape index (κ2) is 10.9. The highest BCUT2D eigenvalue weighted by Crippen LogP contribution is 2.30. The Morgan fingerprint density at radius 2 is 1.95 bits per heavy atom. The fourth-order valence-corrected chi connectivity index (χ4v) is 5.20. The number of nitrogens with zero attached hydrogens (tertiary/aromatic N) is 7. The van der Waals surface area contributed by atoms with Gasteiger partial charge in [0.25, 0.3) is 0 Å². The smallest absolute Gasteiger partial charge is 0.223 e. The third-order valence-corrected chi connectivity index (χ3v) is 7.72. The second-order valence-electron chi connectivity index (χ2n) is 9.57. The molecule has 1 aliphatic rings. The molecule has 0 spiro atoms. The van der Waals surface area contributed by atoms with Crippen LogP contribution < -0.4 is 15.4 Å². The molecule has 210 valence electrons. The minimum absolute atomic E-state index is 0.0369. The maximum Gasteiger partial charge on any atom is 0.223 e. The van der Waals surface area contributed by atoms with Crippen LogP contribution in [-0.2, 0) is 17.7 Å². The van der Waals surface area contributed by atoms with Gasteiger partial charge in [-0.05, 0) is 18.2 Å². The van der Waals surface area contributed by atoms with Gasteiger partial charge >= 0.3 is 0 Å². The van der Waals surface area contributed by atoms with Gasteiger partial charge in [-0.1, -0.05) is 11.2 Å². The highest BCUT2D eigenvalue weighted by Gasteiger charge is 2.23. The molecule has 1 aromatic carbocycles. The number of aromatic nitrogens is 5. The monoisotopic (exact) mass is 570 g/mol. The van der Waals surface area contributed by atoms with E-state index in [-0.39, 0.29) is 24.1 Å².